The molecule has 0 radical (unpaired) electrons. The van der Waals surface area contributed by atoms with Gasteiger partial charge in [-0.25, -0.2) is 4.79 Å². The molecule has 2 N–H and O–H groups in total. The van der Waals surface area contributed by atoms with Gasteiger partial charge in [0.25, 0.3) is 0 Å². The zero-order valence-corrected chi connectivity index (χ0v) is 13.9. The summed E-state index contributed by atoms with van der Waals surface area (Å²) in [5.74, 6) is -1.01. The number of rotatable bonds is 5. The third kappa shape index (κ3) is 4.23. The topological polar surface area (TPSA) is 64.9 Å². The highest BCUT2D eigenvalue weighted by Gasteiger charge is 2.07. The van der Waals surface area contributed by atoms with Gasteiger partial charge in [-0.15, -0.1) is 0 Å². The van der Waals surface area contributed by atoms with E-state index >= 15 is 0 Å². The van der Waals surface area contributed by atoms with Crippen molar-refractivity contribution in [2.24, 2.45) is 5.10 Å². The second-order valence-electron chi connectivity index (χ2n) is 5.25. The van der Waals surface area contributed by atoms with Gasteiger partial charge in [-0.05, 0) is 42.8 Å². The predicted octanol–water partition coefficient (Wildman–Crippen LogP) is 3.94. The molecule has 0 spiro atoms. The molecular formula is C17H18ClN3O2. The summed E-state index contributed by atoms with van der Waals surface area (Å²) in [5, 5.41) is 13.7. The van der Waals surface area contributed by atoms with E-state index < -0.39 is 5.97 Å². The summed E-state index contributed by atoms with van der Waals surface area (Å²) in [6.07, 6.45) is 0. The average Bonchev–Trinajstić information content (AvgIpc) is 2.53. The molecule has 23 heavy (non-hydrogen) atoms. The van der Waals surface area contributed by atoms with E-state index in [1.807, 2.05) is 50.2 Å². The second-order valence-corrected chi connectivity index (χ2v) is 5.66. The highest BCUT2D eigenvalue weighted by atomic mass is 35.5. The minimum absolute atomic E-state index is 0.153. The Morgan fingerprint density at radius 2 is 1.74 bits per heavy atom. The van der Waals surface area contributed by atoms with Crippen molar-refractivity contribution in [3.05, 3.63) is 58.6 Å². The van der Waals surface area contributed by atoms with Gasteiger partial charge in [0, 0.05) is 19.8 Å². The number of hydrogen-bond acceptors (Lipinski definition) is 4. The number of nitrogens with one attached hydrogen (secondary N) is 1. The van der Waals surface area contributed by atoms with Crippen LogP contribution >= 0.6 is 11.6 Å². The quantitative estimate of drug-likeness (QED) is 0.643. The van der Waals surface area contributed by atoms with Crippen molar-refractivity contribution in [1.29, 1.82) is 0 Å². The SMILES string of the molecule is C/C(=N/Nc1cc(C(=O)O)ccc1Cl)c1ccc(N(C)C)cc1. The molecule has 0 aliphatic rings. The highest BCUT2D eigenvalue weighted by Crippen LogP contribution is 2.23. The summed E-state index contributed by atoms with van der Waals surface area (Å²) in [7, 11) is 3.96. The van der Waals surface area contributed by atoms with Gasteiger partial charge in [-0.2, -0.15) is 5.10 Å². The molecule has 2 rings (SSSR count). The van der Waals surface area contributed by atoms with Crippen molar-refractivity contribution in [1.82, 2.24) is 0 Å². The first-order valence-corrected chi connectivity index (χ1v) is 7.37. The summed E-state index contributed by atoms with van der Waals surface area (Å²) in [6.45, 7) is 1.87. The Kier molecular flexibility index (Phi) is 5.24. The first-order chi connectivity index (χ1) is 10.9. The molecule has 0 amide bonds. The van der Waals surface area contributed by atoms with Crippen LogP contribution in [0.25, 0.3) is 0 Å². The van der Waals surface area contributed by atoms with Gasteiger partial charge >= 0.3 is 5.97 Å². The van der Waals surface area contributed by atoms with Gasteiger partial charge in [0.2, 0.25) is 0 Å². The minimum atomic E-state index is -1.01. The molecule has 2 aromatic carbocycles. The molecule has 6 heteroatoms. The van der Waals surface area contributed by atoms with E-state index in [1.165, 1.54) is 18.2 Å². The van der Waals surface area contributed by atoms with E-state index in [2.05, 4.69) is 10.5 Å². The number of hydrogen-bond donors (Lipinski definition) is 2. The van der Waals surface area contributed by atoms with Gasteiger partial charge in [-0.1, -0.05) is 23.7 Å². The average molecular weight is 332 g/mol. The number of aromatic carboxylic acids is 1. The Hall–Kier alpha value is -2.53. The van der Waals surface area contributed by atoms with Crippen molar-refractivity contribution in [2.45, 2.75) is 6.92 Å². The number of carbonyl (C=O) groups is 1. The first-order valence-electron chi connectivity index (χ1n) is 6.99. The molecule has 0 fully saturated rings. The first kappa shape index (κ1) is 16.8. The molecule has 0 aliphatic carbocycles. The number of anilines is 2. The van der Waals surface area contributed by atoms with Crippen LogP contribution in [-0.2, 0) is 0 Å². The number of carboxylic acid groups (broad SMARTS) is 1. The number of halogens is 1. The standard InChI is InChI=1S/C17H18ClN3O2/c1-11(12-4-7-14(8-5-12)21(2)3)19-20-16-10-13(17(22)23)6-9-15(16)18/h4-10,20H,1-3H3,(H,22,23)/b19-11-. The molecule has 0 unspecified atom stereocenters. The van der Waals surface area contributed by atoms with Gasteiger partial charge < -0.3 is 10.0 Å². The Labute approximate surface area is 140 Å². The van der Waals surface area contributed by atoms with Crippen molar-refractivity contribution < 1.29 is 9.90 Å². The number of benzene rings is 2. The Morgan fingerprint density at radius 1 is 1.13 bits per heavy atom. The third-order valence-electron chi connectivity index (χ3n) is 3.36. The molecule has 0 aromatic heterocycles. The fraction of sp³-hybridized carbons (Fsp3) is 0.176. The van der Waals surface area contributed by atoms with Crippen LogP contribution in [0.3, 0.4) is 0 Å². The summed E-state index contributed by atoms with van der Waals surface area (Å²) in [4.78, 5) is 13.0. The molecule has 0 saturated heterocycles. The normalized spacial score (nSPS) is 11.2. The number of carboxylic acids is 1. The van der Waals surface area contributed by atoms with Crippen LogP contribution in [-0.4, -0.2) is 30.9 Å². The molecule has 2 aromatic rings. The molecule has 0 saturated carbocycles. The Bertz CT molecular complexity index is 740. The van der Waals surface area contributed by atoms with Crippen molar-refractivity contribution >= 4 is 34.7 Å². The summed E-state index contributed by atoms with van der Waals surface area (Å²) < 4.78 is 0. The number of nitrogens with zero attached hydrogens (tertiary/aromatic N) is 2. The van der Waals surface area contributed by atoms with Crippen molar-refractivity contribution in [3.8, 4) is 0 Å². The largest absolute Gasteiger partial charge is 0.478 e. The van der Waals surface area contributed by atoms with Crippen LogP contribution in [0.1, 0.15) is 22.8 Å². The molecule has 0 heterocycles. The van der Waals surface area contributed by atoms with Crippen LogP contribution in [0.5, 0.6) is 0 Å². The lowest BCUT2D eigenvalue weighted by Gasteiger charge is -2.12. The zero-order chi connectivity index (χ0) is 17.0. The third-order valence-corrected chi connectivity index (χ3v) is 3.69. The Balaban J connectivity index is 2.19. The maximum absolute atomic E-state index is 11.0. The lowest BCUT2D eigenvalue weighted by molar-refractivity contribution is 0.0697. The second kappa shape index (κ2) is 7.15. The van der Waals surface area contributed by atoms with Gasteiger partial charge in [0.1, 0.15) is 0 Å². The fourth-order valence-corrected chi connectivity index (χ4v) is 2.11. The fourth-order valence-electron chi connectivity index (χ4n) is 1.95. The molecular weight excluding hydrogens is 314 g/mol. The lowest BCUT2D eigenvalue weighted by atomic mass is 10.1. The zero-order valence-electron chi connectivity index (χ0n) is 13.2. The molecule has 0 aliphatic heterocycles. The summed E-state index contributed by atoms with van der Waals surface area (Å²) >= 11 is 6.06. The summed E-state index contributed by atoms with van der Waals surface area (Å²) in [6, 6.07) is 12.4. The molecule has 0 atom stereocenters. The van der Waals surface area contributed by atoms with Crippen LogP contribution in [0.15, 0.2) is 47.6 Å². The molecule has 120 valence electrons. The summed E-state index contributed by atoms with van der Waals surface area (Å²) in [5.41, 5.74) is 6.27. The van der Waals surface area contributed by atoms with Crippen LogP contribution in [0.4, 0.5) is 11.4 Å². The van der Waals surface area contributed by atoms with Gasteiger partial charge in [-0.3, -0.25) is 5.43 Å². The highest BCUT2D eigenvalue weighted by molar-refractivity contribution is 6.33. The maximum Gasteiger partial charge on any atom is 0.335 e. The Morgan fingerprint density at radius 3 is 2.30 bits per heavy atom. The van der Waals surface area contributed by atoms with Gasteiger partial charge in [0.05, 0.1) is 22.0 Å². The van der Waals surface area contributed by atoms with Crippen molar-refractivity contribution in [3.63, 3.8) is 0 Å². The molecule has 5 nitrogen and oxygen atoms in total. The van der Waals surface area contributed by atoms with E-state index in [-0.39, 0.29) is 5.56 Å². The predicted molar refractivity (Wildman–Crippen MR) is 95.0 cm³/mol. The smallest absolute Gasteiger partial charge is 0.335 e. The van der Waals surface area contributed by atoms with Crippen LogP contribution in [0, 0.1) is 0 Å². The van der Waals surface area contributed by atoms with E-state index in [1.54, 1.807) is 0 Å². The minimum Gasteiger partial charge on any atom is -0.478 e. The van der Waals surface area contributed by atoms with Crippen LogP contribution < -0.4 is 10.3 Å². The lowest BCUT2D eigenvalue weighted by Crippen LogP contribution is -2.08. The van der Waals surface area contributed by atoms with E-state index in [4.69, 9.17) is 16.7 Å². The number of hydrazone groups is 1. The van der Waals surface area contributed by atoms with Crippen LogP contribution in [0.2, 0.25) is 5.02 Å². The van der Waals surface area contributed by atoms with Gasteiger partial charge in [0.15, 0.2) is 0 Å². The molecule has 0 bridgehead atoms. The monoisotopic (exact) mass is 331 g/mol. The van der Waals surface area contributed by atoms with E-state index in [0.717, 1.165) is 17.0 Å². The van der Waals surface area contributed by atoms with E-state index in [9.17, 15) is 4.79 Å². The van der Waals surface area contributed by atoms with E-state index in [0.29, 0.717) is 10.7 Å². The van der Waals surface area contributed by atoms with Crippen molar-refractivity contribution in [2.75, 3.05) is 24.4 Å². The maximum atomic E-state index is 11.0.